The first-order chi connectivity index (χ1) is 9.25. The lowest BCUT2D eigenvalue weighted by Crippen LogP contribution is -2.49. The number of aliphatic hydroxyl groups is 1. The van der Waals surface area contributed by atoms with E-state index in [1.807, 2.05) is 0 Å². The molecule has 1 aliphatic rings. The first-order valence-electron chi connectivity index (χ1n) is 6.55. The number of hydrogen-bond donors (Lipinski definition) is 1. The summed E-state index contributed by atoms with van der Waals surface area (Å²) in [4.78, 5) is 24.7. The molecule has 6 nitrogen and oxygen atoms in total. The van der Waals surface area contributed by atoms with Crippen molar-refractivity contribution >= 4 is 0 Å². The van der Waals surface area contributed by atoms with E-state index in [-0.39, 0.29) is 12.2 Å². The van der Waals surface area contributed by atoms with Crippen LogP contribution in [-0.4, -0.2) is 27.0 Å². The first kappa shape index (κ1) is 14.7. The Labute approximate surface area is 116 Å². The highest BCUT2D eigenvalue weighted by atomic mass is 16.5. The highest BCUT2D eigenvalue weighted by Gasteiger charge is 2.26. The molecular weight excluding hydrogens is 260 g/mol. The monoisotopic (exact) mass is 280 g/mol. The average Bonchev–Trinajstić information content (AvgIpc) is 2.80. The molecule has 1 N–H and O–H groups in total. The normalized spacial score (nSPS) is 22.4. The van der Waals surface area contributed by atoms with Crippen molar-refractivity contribution in [3.05, 3.63) is 44.8 Å². The van der Waals surface area contributed by atoms with Gasteiger partial charge in [-0.25, -0.2) is 4.79 Å². The van der Waals surface area contributed by atoms with Gasteiger partial charge < -0.3 is 9.84 Å². The molecule has 0 bridgehead atoms. The highest BCUT2D eigenvalue weighted by molar-refractivity contribution is 5.08. The summed E-state index contributed by atoms with van der Waals surface area (Å²) in [6.45, 7) is 6.95. The number of aliphatic hydroxyl groups excluding tert-OH is 1. The second kappa shape index (κ2) is 5.03. The Morgan fingerprint density at radius 3 is 2.45 bits per heavy atom. The number of aryl methyl sites for hydroxylation is 1. The second-order valence-corrected chi connectivity index (χ2v) is 5.95. The maximum absolute atomic E-state index is 12.5. The summed E-state index contributed by atoms with van der Waals surface area (Å²) in [5.41, 5.74) is -0.842. The van der Waals surface area contributed by atoms with Crippen LogP contribution in [0.15, 0.2) is 27.9 Å². The van der Waals surface area contributed by atoms with Crippen LogP contribution in [-0.2, 0) is 10.3 Å². The molecule has 1 aromatic heterocycles. The van der Waals surface area contributed by atoms with Crippen LogP contribution >= 0.6 is 0 Å². The van der Waals surface area contributed by atoms with E-state index in [0.717, 1.165) is 0 Å². The van der Waals surface area contributed by atoms with Gasteiger partial charge in [0.05, 0.1) is 6.61 Å². The molecule has 110 valence electrons. The van der Waals surface area contributed by atoms with E-state index >= 15 is 0 Å². The smallest absolute Gasteiger partial charge is 0.333 e. The van der Waals surface area contributed by atoms with Gasteiger partial charge in [0.25, 0.3) is 5.56 Å². The standard InChI is InChI=1S/C14H20N2O4/c1-9-7-15(11-6-5-10(8-17)20-11)13(19)16(12(9)18)14(2,3)4/h5-7,10-11,17H,8H2,1-4H3/t10-,11+/m0/s1. The molecule has 20 heavy (non-hydrogen) atoms. The second-order valence-electron chi connectivity index (χ2n) is 5.95. The predicted octanol–water partition coefficient (Wildman–Crippen LogP) is 0.519. The van der Waals surface area contributed by atoms with Crippen LogP contribution in [0.4, 0.5) is 0 Å². The van der Waals surface area contributed by atoms with E-state index in [2.05, 4.69) is 0 Å². The van der Waals surface area contributed by atoms with Crippen molar-refractivity contribution in [2.45, 2.75) is 45.6 Å². The Morgan fingerprint density at radius 1 is 1.30 bits per heavy atom. The van der Waals surface area contributed by atoms with E-state index in [1.165, 1.54) is 15.3 Å². The number of nitrogens with zero attached hydrogens (tertiary/aromatic N) is 2. The van der Waals surface area contributed by atoms with Crippen LogP contribution in [0, 0.1) is 6.92 Å². The molecule has 0 unspecified atom stereocenters. The zero-order valence-electron chi connectivity index (χ0n) is 12.2. The Kier molecular flexibility index (Phi) is 3.71. The summed E-state index contributed by atoms with van der Waals surface area (Å²) in [6, 6.07) is 0. The molecule has 0 fully saturated rings. The quantitative estimate of drug-likeness (QED) is 0.802. The van der Waals surface area contributed by atoms with Gasteiger partial charge >= 0.3 is 5.69 Å². The van der Waals surface area contributed by atoms with Crippen molar-refractivity contribution in [2.24, 2.45) is 0 Å². The molecule has 0 saturated heterocycles. The zero-order chi connectivity index (χ0) is 15.1. The number of rotatable bonds is 2. The number of aromatic nitrogens is 2. The summed E-state index contributed by atoms with van der Waals surface area (Å²) in [7, 11) is 0. The van der Waals surface area contributed by atoms with E-state index < -0.39 is 23.6 Å². The SMILES string of the molecule is Cc1cn([C@H]2C=C[C@@H](CO)O2)c(=O)n(C(C)(C)C)c1=O. The van der Waals surface area contributed by atoms with E-state index in [0.29, 0.717) is 5.56 Å². The average molecular weight is 280 g/mol. The third-order valence-corrected chi connectivity index (χ3v) is 3.21. The van der Waals surface area contributed by atoms with Crippen molar-refractivity contribution < 1.29 is 9.84 Å². The molecule has 2 heterocycles. The minimum atomic E-state index is -0.610. The Morgan fingerprint density at radius 2 is 1.95 bits per heavy atom. The first-order valence-corrected chi connectivity index (χ1v) is 6.55. The number of ether oxygens (including phenoxy) is 1. The molecular formula is C14H20N2O4. The fourth-order valence-corrected chi connectivity index (χ4v) is 2.22. The van der Waals surface area contributed by atoms with Gasteiger partial charge in [0.2, 0.25) is 0 Å². The lowest BCUT2D eigenvalue weighted by Gasteiger charge is -2.24. The summed E-state index contributed by atoms with van der Waals surface area (Å²) >= 11 is 0. The minimum absolute atomic E-state index is 0.139. The summed E-state index contributed by atoms with van der Waals surface area (Å²) in [5.74, 6) is 0. The van der Waals surface area contributed by atoms with Crippen LogP contribution in [0.3, 0.4) is 0 Å². The topological polar surface area (TPSA) is 73.5 Å². The number of hydrogen-bond acceptors (Lipinski definition) is 4. The highest BCUT2D eigenvalue weighted by Crippen LogP contribution is 2.19. The van der Waals surface area contributed by atoms with E-state index in [9.17, 15) is 9.59 Å². The van der Waals surface area contributed by atoms with Crippen molar-refractivity contribution in [3.8, 4) is 0 Å². The van der Waals surface area contributed by atoms with E-state index in [4.69, 9.17) is 9.84 Å². The maximum atomic E-state index is 12.5. The van der Waals surface area contributed by atoms with Crippen molar-refractivity contribution in [1.29, 1.82) is 0 Å². The molecule has 1 aliphatic heterocycles. The van der Waals surface area contributed by atoms with Gasteiger partial charge in [-0.2, -0.15) is 0 Å². The van der Waals surface area contributed by atoms with Gasteiger partial charge in [-0.05, 0) is 33.8 Å². The van der Waals surface area contributed by atoms with Gasteiger partial charge in [0.1, 0.15) is 6.10 Å². The van der Waals surface area contributed by atoms with Gasteiger partial charge in [-0.3, -0.25) is 13.9 Å². The molecule has 0 aromatic carbocycles. The van der Waals surface area contributed by atoms with Crippen molar-refractivity contribution in [3.63, 3.8) is 0 Å². The molecule has 0 amide bonds. The van der Waals surface area contributed by atoms with Crippen LogP contribution < -0.4 is 11.2 Å². The summed E-state index contributed by atoms with van der Waals surface area (Å²) < 4.78 is 8.14. The van der Waals surface area contributed by atoms with Crippen molar-refractivity contribution in [2.75, 3.05) is 6.61 Å². The fourth-order valence-electron chi connectivity index (χ4n) is 2.22. The van der Waals surface area contributed by atoms with Gasteiger partial charge in [-0.15, -0.1) is 0 Å². The molecule has 0 spiro atoms. The maximum Gasteiger partial charge on any atom is 0.333 e. The molecule has 6 heteroatoms. The summed E-state index contributed by atoms with van der Waals surface area (Å²) in [5, 5.41) is 9.06. The molecule has 2 atom stereocenters. The largest absolute Gasteiger partial charge is 0.393 e. The van der Waals surface area contributed by atoms with Gasteiger partial charge in [0.15, 0.2) is 6.23 Å². The lowest BCUT2D eigenvalue weighted by molar-refractivity contribution is -0.0115. The van der Waals surface area contributed by atoms with Crippen LogP contribution in [0.1, 0.15) is 32.6 Å². The molecule has 0 aliphatic carbocycles. The Hall–Kier alpha value is -1.66. The van der Waals surface area contributed by atoms with Gasteiger partial charge in [-0.1, -0.05) is 6.08 Å². The Balaban J connectivity index is 2.58. The minimum Gasteiger partial charge on any atom is -0.393 e. The third-order valence-electron chi connectivity index (χ3n) is 3.21. The fraction of sp³-hybridized carbons (Fsp3) is 0.571. The van der Waals surface area contributed by atoms with Crippen LogP contribution in [0.5, 0.6) is 0 Å². The Bertz CT molecular complexity index is 649. The molecule has 1 aromatic rings. The molecule has 2 rings (SSSR count). The van der Waals surface area contributed by atoms with Crippen molar-refractivity contribution in [1.82, 2.24) is 9.13 Å². The van der Waals surface area contributed by atoms with Crippen LogP contribution in [0.2, 0.25) is 0 Å². The molecule has 0 saturated carbocycles. The van der Waals surface area contributed by atoms with E-state index in [1.54, 1.807) is 39.8 Å². The third kappa shape index (κ3) is 2.48. The summed E-state index contributed by atoms with van der Waals surface area (Å²) in [6.07, 6.45) is 3.91. The predicted molar refractivity (Wildman–Crippen MR) is 74.8 cm³/mol. The lowest BCUT2D eigenvalue weighted by atomic mass is 10.1. The van der Waals surface area contributed by atoms with Gasteiger partial charge in [0, 0.05) is 17.3 Å². The zero-order valence-corrected chi connectivity index (χ0v) is 12.2. The van der Waals surface area contributed by atoms with Crippen LogP contribution in [0.25, 0.3) is 0 Å². The molecule has 0 radical (unpaired) electrons.